The van der Waals surface area contributed by atoms with Crippen LogP contribution >= 0.6 is 11.8 Å². The Hall–Kier alpha value is -0.740. The number of nitrogens with one attached hydrogen (secondary N) is 1. The molecule has 4 heteroatoms. The van der Waals surface area contributed by atoms with Gasteiger partial charge in [0.25, 0.3) is 0 Å². The van der Waals surface area contributed by atoms with Gasteiger partial charge in [0.1, 0.15) is 0 Å². The second-order valence-corrected chi connectivity index (χ2v) is 6.59. The van der Waals surface area contributed by atoms with Crippen LogP contribution in [-0.4, -0.2) is 46.2 Å². The number of hydrogen-bond acceptors (Lipinski definition) is 3. The van der Waals surface area contributed by atoms with Crippen molar-refractivity contribution in [2.45, 2.75) is 32.2 Å². The Morgan fingerprint density at radius 1 is 1.47 bits per heavy atom. The first-order valence-corrected chi connectivity index (χ1v) is 8.65. The molecule has 1 aliphatic heterocycles. The molecule has 1 aliphatic carbocycles. The van der Waals surface area contributed by atoms with Crippen molar-refractivity contribution in [2.24, 2.45) is 5.92 Å². The molecular formula is C15H23N3S. The van der Waals surface area contributed by atoms with E-state index in [2.05, 4.69) is 40.5 Å². The number of H-pyrrole nitrogens is 1. The molecular weight excluding hydrogens is 254 g/mol. The number of rotatable bonds is 4. The highest BCUT2D eigenvalue weighted by Gasteiger charge is 2.35. The van der Waals surface area contributed by atoms with E-state index in [0.717, 1.165) is 6.42 Å². The standard InChI is InChI=1S/C15H23N3S/c1-3-4-18-9-11(10-19-2)5-12-6-14-13(7-15(12)18)8-16-17-14/h5,8,12,15H,3-4,6-7,9-10H2,1-2H3,(H,16,17)/t12-,15-/m1/s1. The maximum absolute atomic E-state index is 4.41. The van der Waals surface area contributed by atoms with Gasteiger partial charge in [0, 0.05) is 24.5 Å². The van der Waals surface area contributed by atoms with Crippen LogP contribution in [0.4, 0.5) is 0 Å². The van der Waals surface area contributed by atoms with E-state index >= 15 is 0 Å². The van der Waals surface area contributed by atoms with Gasteiger partial charge in [-0.25, -0.2) is 0 Å². The minimum atomic E-state index is 0.665. The molecule has 0 saturated heterocycles. The number of hydrogen-bond donors (Lipinski definition) is 1. The monoisotopic (exact) mass is 277 g/mol. The Morgan fingerprint density at radius 2 is 2.37 bits per heavy atom. The van der Waals surface area contributed by atoms with Crippen LogP contribution < -0.4 is 0 Å². The smallest absolute Gasteiger partial charge is 0.0661 e. The van der Waals surface area contributed by atoms with Crippen LogP contribution in [-0.2, 0) is 12.8 Å². The highest BCUT2D eigenvalue weighted by atomic mass is 32.2. The van der Waals surface area contributed by atoms with Crippen LogP contribution in [0.15, 0.2) is 17.8 Å². The second-order valence-electron chi connectivity index (χ2n) is 5.73. The zero-order valence-electron chi connectivity index (χ0n) is 11.9. The van der Waals surface area contributed by atoms with E-state index in [4.69, 9.17) is 0 Å². The molecule has 0 radical (unpaired) electrons. The van der Waals surface area contributed by atoms with E-state index in [1.54, 1.807) is 5.57 Å². The molecule has 2 heterocycles. The highest BCUT2D eigenvalue weighted by molar-refractivity contribution is 7.98. The summed E-state index contributed by atoms with van der Waals surface area (Å²) in [7, 11) is 0. The van der Waals surface area contributed by atoms with E-state index in [1.165, 1.54) is 42.9 Å². The van der Waals surface area contributed by atoms with Crippen molar-refractivity contribution in [1.82, 2.24) is 15.1 Å². The SMILES string of the molecule is CCCN1CC(CSC)=C[C@@H]2Cc3n[nH]cc3C[C@H]21. The Bertz CT molecular complexity index is 466. The fourth-order valence-corrected chi connectivity index (χ4v) is 4.11. The molecule has 0 amide bonds. The average molecular weight is 277 g/mol. The van der Waals surface area contributed by atoms with E-state index in [-0.39, 0.29) is 0 Å². The topological polar surface area (TPSA) is 31.9 Å². The van der Waals surface area contributed by atoms with Crippen molar-refractivity contribution >= 4 is 11.8 Å². The zero-order valence-corrected chi connectivity index (χ0v) is 12.7. The van der Waals surface area contributed by atoms with Gasteiger partial charge in [0.05, 0.1) is 5.69 Å². The average Bonchev–Trinajstić information content (AvgIpc) is 2.84. The molecule has 0 spiro atoms. The lowest BCUT2D eigenvalue weighted by Crippen LogP contribution is -2.48. The molecule has 0 fully saturated rings. The van der Waals surface area contributed by atoms with Crippen molar-refractivity contribution in [3.63, 3.8) is 0 Å². The Kier molecular flexibility index (Phi) is 3.99. The summed E-state index contributed by atoms with van der Waals surface area (Å²) in [6, 6.07) is 0.690. The van der Waals surface area contributed by atoms with Crippen molar-refractivity contribution in [2.75, 3.05) is 25.1 Å². The maximum atomic E-state index is 4.41. The van der Waals surface area contributed by atoms with Gasteiger partial charge in [-0.15, -0.1) is 0 Å². The maximum Gasteiger partial charge on any atom is 0.0661 e. The summed E-state index contributed by atoms with van der Waals surface area (Å²) in [6.07, 6.45) is 10.4. The third-order valence-corrected chi connectivity index (χ3v) is 4.99. The summed E-state index contributed by atoms with van der Waals surface area (Å²) in [5.74, 6) is 1.84. The van der Waals surface area contributed by atoms with Gasteiger partial charge in [-0.05, 0) is 49.1 Å². The first kappa shape index (κ1) is 13.3. The third-order valence-electron chi connectivity index (χ3n) is 4.33. The van der Waals surface area contributed by atoms with Crippen LogP contribution in [0, 0.1) is 5.92 Å². The lowest BCUT2D eigenvalue weighted by Gasteiger charge is -2.42. The molecule has 1 aromatic heterocycles. The van der Waals surface area contributed by atoms with Gasteiger partial charge in [-0.2, -0.15) is 16.9 Å². The normalized spacial score (nSPS) is 26.7. The molecule has 0 saturated carbocycles. The van der Waals surface area contributed by atoms with E-state index in [1.807, 2.05) is 11.8 Å². The molecule has 19 heavy (non-hydrogen) atoms. The van der Waals surface area contributed by atoms with Crippen molar-refractivity contribution in [3.8, 4) is 0 Å². The first-order chi connectivity index (χ1) is 9.31. The quantitative estimate of drug-likeness (QED) is 0.858. The van der Waals surface area contributed by atoms with Gasteiger partial charge >= 0.3 is 0 Å². The van der Waals surface area contributed by atoms with Crippen molar-refractivity contribution in [1.29, 1.82) is 0 Å². The largest absolute Gasteiger partial charge is 0.296 e. The fourth-order valence-electron chi connectivity index (χ4n) is 3.55. The lowest BCUT2D eigenvalue weighted by molar-refractivity contribution is 0.149. The molecule has 2 aliphatic rings. The van der Waals surface area contributed by atoms with Crippen molar-refractivity contribution < 1.29 is 0 Å². The van der Waals surface area contributed by atoms with E-state index in [0.29, 0.717) is 12.0 Å². The number of thioether (sulfide) groups is 1. The summed E-state index contributed by atoms with van der Waals surface area (Å²) < 4.78 is 0. The van der Waals surface area contributed by atoms with E-state index in [9.17, 15) is 0 Å². The lowest BCUT2D eigenvalue weighted by atomic mass is 9.79. The summed E-state index contributed by atoms with van der Waals surface area (Å²) in [5.41, 5.74) is 4.34. The molecule has 1 N–H and O–H groups in total. The van der Waals surface area contributed by atoms with Crippen LogP contribution in [0.3, 0.4) is 0 Å². The molecule has 104 valence electrons. The highest BCUT2D eigenvalue weighted by Crippen LogP contribution is 2.33. The minimum absolute atomic E-state index is 0.665. The van der Waals surface area contributed by atoms with Crippen LogP contribution in [0.5, 0.6) is 0 Å². The van der Waals surface area contributed by atoms with E-state index < -0.39 is 0 Å². The Balaban J connectivity index is 1.85. The predicted molar refractivity (Wildman–Crippen MR) is 81.6 cm³/mol. The number of nitrogens with zero attached hydrogens (tertiary/aromatic N) is 2. The van der Waals surface area contributed by atoms with Gasteiger partial charge in [0.2, 0.25) is 0 Å². The molecule has 1 aromatic rings. The second kappa shape index (κ2) is 5.71. The molecule has 3 rings (SSSR count). The Labute approximate surface area is 119 Å². The molecule has 3 nitrogen and oxygen atoms in total. The third kappa shape index (κ3) is 2.61. The van der Waals surface area contributed by atoms with Crippen LogP contribution in [0.25, 0.3) is 0 Å². The molecule has 0 aromatic carbocycles. The fraction of sp³-hybridized carbons (Fsp3) is 0.667. The molecule has 0 bridgehead atoms. The van der Waals surface area contributed by atoms with Gasteiger partial charge < -0.3 is 0 Å². The summed E-state index contributed by atoms with van der Waals surface area (Å²) in [5, 5.41) is 7.45. The Morgan fingerprint density at radius 3 is 3.16 bits per heavy atom. The van der Waals surface area contributed by atoms with Crippen molar-refractivity contribution in [3.05, 3.63) is 29.1 Å². The number of aromatic nitrogens is 2. The summed E-state index contributed by atoms with van der Waals surface area (Å²) in [6.45, 7) is 4.68. The van der Waals surface area contributed by atoms with Gasteiger partial charge in [-0.3, -0.25) is 10.00 Å². The summed E-state index contributed by atoms with van der Waals surface area (Å²) >= 11 is 1.94. The van der Waals surface area contributed by atoms with Crippen LogP contribution in [0.1, 0.15) is 24.6 Å². The summed E-state index contributed by atoms with van der Waals surface area (Å²) in [4.78, 5) is 2.70. The van der Waals surface area contributed by atoms with Crippen LogP contribution in [0.2, 0.25) is 0 Å². The van der Waals surface area contributed by atoms with Gasteiger partial charge in [0.15, 0.2) is 0 Å². The first-order valence-electron chi connectivity index (χ1n) is 7.26. The zero-order chi connectivity index (χ0) is 13.2. The molecule has 2 atom stereocenters. The minimum Gasteiger partial charge on any atom is -0.296 e. The predicted octanol–water partition coefficient (Wildman–Crippen LogP) is 2.51. The molecule has 0 unspecified atom stereocenters. The number of aromatic amines is 1. The number of fused-ring (bicyclic) bond motifs is 2. The van der Waals surface area contributed by atoms with Gasteiger partial charge in [-0.1, -0.05) is 13.0 Å².